The van der Waals surface area contributed by atoms with Crippen LogP contribution in [0.3, 0.4) is 0 Å². The molecule has 0 fully saturated rings. The molecule has 0 spiro atoms. The van der Waals surface area contributed by atoms with E-state index in [1.165, 1.54) is 5.56 Å². The summed E-state index contributed by atoms with van der Waals surface area (Å²) in [6.07, 6.45) is 1.29. The third-order valence-corrected chi connectivity index (χ3v) is 2.16. The number of hydrogen-bond acceptors (Lipinski definition) is 2. The summed E-state index contributed by atoms with van der Waals surface area (Å²) in [5.41, 5.74) is 1.35. The quantitative estimate of drug-likeness (QED) is 0.774. The predicted octanol–water partition coefficient (Wildman–Crippen LogP) is 2.24. The van der Waals surface area contributed by atoms with Crippen LogP contribution in [0.5, 0.6) is 5.75 Å². The summed E-state index contributed by atoms with van der Waals surface area (Å²) < 4.78 is 5.69. The molecule has 0 aliphatic carbocycles. The lowest BCUT2D eigenvalue weighted by Gasteiger charge is -2.14. The molecule has 14 heavy (non-hydrogen) atoms. The van der Waals surface area contributed by atoms with E-state index in [9.17, 15) is 0 Å². The molecule has 1 rings (SSSR count). The fourth-order valence-corrected chi connectivity index (χ4v) is 1.37. The molecule has 1 aromatic carbocycles. The van der Waals surface area contributed by atoms with Crippen molar-refractivity contribution in [2.45, 2.75) is 26.4 Å². The van der Waals surface area contributed by atoms with Gasteiger partial charge in [0.05, 0.1) is 0 Å². The second kappa shape index (κ2) is 5.66. The van der Waals surface area contributed by atoms with Crippen LogP contribution >= 0.6 is 0 Å². The van der Waals surface area contributed by atoms with E-state index in [1.54, 1.807) is 0 Å². The largest absolute Gasteiger partial charge is 0.489 e. The van der Waals surface area contributed by atoms with Gasteiger partial charge < -0.3 is 10.1 Å². The highest BCUT2D eigenvalue weighted by molar-refractivity contribution is 5.27. The molecule has 1 N–H and O–H groups in total. The minimum Gasteiger partial charge on any atom is -0.489 e. The zero-order valence-corrected chi connectivity index (χ0v) is 9.21. The molecule has 1 unspecified atom stereocenters. The smallest absolute Gasteiger partial charge is 0.119 e. The van der Waals surface area contributed by atoms with Gasteiger partial charge in [0.25, 0.3) is 0 Å². The van der Waals surface area contributed by atoms with Crippen molar-refractivity contribution in [3.63, 3.8) is 0 Å². The standard InChI is InChI=1S/C12H19NO/c1-4-11-5-7-12(8-6-11)14-10(2)9-13-3/h5-8,10,13H,4,9H2,1-3H3. The van der Waals surface area contributed by atoms with Crippen molar-refractivity contribution in [1.29, 1.82) is 0 Å². The third kappa shape index (κ3) is 3.38. The summed E-state index contributed by atoms with van der Waals surface area (Å²) in [5, 5.41) is 3.09. The first-order chi connectivity index (χ1) is 6.76. The van der Waals surface area contributed by atoms with E-state index >= 15 is 0 Å². The summed E-state index contributed by atoms with van der Waals surface area (Å²) in [5.74, 6) is 0.949. The van der Waals surface area contributed by atoms with Gasteiger partial charge in [0, 0.05) is 6.54 Å². The van der Waals surface area contributed by atoms with E-state index < -0.39 is 0 Å². The zero-order chi connectivity index (χ0) is 10.4. The van der Waals surface area contributed by atoms with E-state index in [1.807, 2.05) is 19.2 Å². The van der Waals surface area contributed by atoms with Crippen molar-refractivity contribution in [2.75, 3.05) is 13.6 Å². The second-order valence-corrected chi connectivity index (χ2v) is 3.48. The molecule has 0 bridgehead atoms. The summed E-state index contributed by atoms with van der Waals surface area (Å²) in [6, 6.07) is 8.29. The van der Waals surface area contributed by atoms with Gasteiger partial charge in [0.2, 0.25) is 0 Å². The van der Waals surface area contributed by atoms with Gasteiger partial charge in [-0.1, -0.05) is 19.1 Å². The van der Waals surface area contributed by atoms with Crippen LogP contribution in [-0.2, 0) is 6.42 Å². The van der Waals surface area contributed by atoms with E-state index in [4.69, 9.17) is 4.74 Å². The lowest BCUT2D eigenvalue weighted by molar-refractivity contribution is 0.220. The molecule has 1 aromatic rings. The van der Waals surface area contributed by atoms with Crippen molar-refractivity contribution < 1.29 is 4.74 Å². The number of aryl methyl sites for hydroxylation is 1. The lowest BCUT2D eigenvalue weighted by Crippen LogP contribution is -2.25. The highest BCUT2D eigenvalue weighted by atomic mass is 16.5. The van der Waals surface area contributed by atoms with Crippen LogP contribution in [0, 0.1) is 0 Å². The van der Waals surface area contributed by atoms with Crippen LogP contribution in [0.25, 0.3) is 0 Å². The van der Waals surface area contributed by atoms with Gasteiger partial charge in [-0.25, -0.2) is 0 Å². The average molecular weight is 193 g/mol. The molecule has 0 heterocycles. The molecule has 0 aromatic heterocycles. The first-order valence-electron chi connectivity index (χ1n) is 5.16. The molecular weight excluding hydrogens is 174 g/mol. The van der Waals surface area contributed by atoms with E-state index in [-0.39, 0.29) is 6.10 Å². The molecule has 0 radical (unpaired) electrons. The van der Waals surface area contributed by atoms with Crippen LogP contribution in [0.2, 0.25) is 0 Å². The molecule has 0 saturated carbocycles. The Bertz CT molecular complexity index is 256. The Balaban J connectivity index is 2.50. The van der Waals surface area contributed by atoms with E-state index in [0.29, 0.717) is 0 Å². The van der Waals surface area contributed by atoms with E-state index in [2.05, 4.69) is 31.3 Å². The fourth-order valence-electron chi connectivity index (χ4n) is 1.37. The van der Waals surface area contributed by atoms with Crippen molar-refractivity contribution in [3.05, 3.63) is 29.8 Å². The molecule has 2 nitrogen and oxygen atoms in total. The highest BCUT2D eigenvalue weighted by Gasteiger charge is 2.01. The summed E-state index contributed by atoms with van der Waals surface area (Å²) in [6.45, 7) is 5.08. The van der Waals surface area contributed by atoms with Crippen molar-refractivity contribution in [1.82, 2.24) is 5.32 Å². The van der Waals surface area contributed by atoms with Gasteiger partial charge in [0.15, 0.2) is 0 Å². The molecule has 0 saturated heterocycles. The Morgan fingerprint density at radius 2 is 1.93 bits per heavy atom. The summed E-state index contributed by atoms with van der Waals surface area (Å²) in [7, 11) is 1.93. The Morgan fingerprint density at radius 1 is 1.29 bits per heavy atom. The molecule has 2 heteroatoms. The topological polar surface area (TPSA) is 21.3 Å². The number of ether oxygens (including phenoxy) is 1. The van der Waals surface area contributed by atoms with Crippen LogP contribution in [-0.4, -0.2) is 19.7 Å². The van der Waals surface area contributed by atoms with Crippen LogP contribution < -0.4 is 10.1 Å². The number of hydrogen-bond donors (Lipinski definition) is 1. The van der Waals surface area contributed by atoms with Crippen molar-refractivity contribution in [2.24, 2.45) is 0 Å². The first kappa shape index (κ1) is 11.1. The Labute approximate surface area is 86.3 Å². The SMILES string of the molecule is CCc1ccc(OC(C)CNC)cc1. The summed E-state index contributed by atoms with van der Waals surface area (Å²) in [4.78, 5) is 0. The highest BCUT2D eigenvalue weighted by Crippen LogP contribution is 2.13. The first-order valence-corrected chi connectivity index (χ1v) is 5.16. The molecule has 0 amide bonds. The molecule has 1 atom stereocenters. The van der Waals surface area contributed by atoms with Gasteiger partial charge in [-0.2, -0.15) is 0 Å². The normalized spacial score (nSPS) is 12.5. The van der Waals surface area contributed by atoms with Crippen LogP contribution in [0.4, 0.5) is 0 Å². The molecule has 0 aliphatic rings. The number of benzene rings is 1. The Morgan fingerprint density at radius 3 is 2.43 bits per heavy atom. The fraction of sp³-hybridized carbons (Fsp3) is 0.500. The molecular formula is C12H19NO. The third-order valence-electron chi connectivity index (χ3n) is 2.16. The Hall–Kier alpha value is -1.02. The maximum absolute atomic E-state index is 5.69. The predicted molar refractivity (Wildman–Crippen MR) is 59.8 cm³/mol. The maximum Gasteiger partial charge on any atom is 0.119 e. The van der Waals surface area contributed by atoms with Gasteiger partial charge in [-0.05, 0) is 38.1 Å². The lowest BCUT2D eigenvalue weighted by atomic mass is 10.2. The maximum atomic E-state index is 5.69. The van der Waals surface area contributed by atoms with Gasteiger partial charge in [0.1, 0.15) is 11.9 Å². The number of nitrogens with one attached hydrogen (secondary N) is 1. The summed E-state index contributed by atoms with van der Waals surface area (Å²) >= 11 is 0. The van der Waals surface area contributed by atoms with E-state index in [0.717, 1.165) is 18.7 Å². The van der Waals surface area contributed by atoms with Crippen molar-refractivity contribution in [3.8, 4) is 5.75 Å². The van der Waals surface area contributed by atoms with Crippen LogP contribution in [0.15, 0.2) is 24.3 Å². The molecule has 78 valence electrons. The minimum atomic E-state index is 0.215. The number of likely N-dealkylation sites (N-methyl/N-ethyl adjacent to an activating group) is 1. The number of rotatable bonds is 5. The monoisotopic (exact) mass is 193 g/mol. The van der Waals surface area contributed by atoms with Gasteiger partial charge in [-0.3, -0.25) is 0 Å². The minimum absolute atomic E-state index is 0.215. The van der Waals surface area contributed by atoms with Crippen LogP contribution in [0.1, 0.15) is 19.4 Å². The molecule has 0 aliphatic heterocycles. The van der Waals surface area contributed by atoms with Gasteiger partial charge >= 0.3 is 0 Å². The Kier molecular flexibility index (Phi) is 4.47. The second-order valence-electron chi connectivity index (χ2n) is 3.48. The van der Waals surface area contributed by atoms with Crippen molar-refractivity contribution >= 4 is 0 Å². The average Bonchev–Trinajstić information content (AvgIpc) is 2.19. The zero-order valence-electron chi connectivity index (χ0n) is 9.21. The van der Waals surface area contributed by atoms with Gasteiger partial charge in [-0.15, -0.1) is 0 Å².